The molecule has 17 heavy (non-hydrogen) atoms. The van der Waals surface area contributed by atoms with Gasteiger partial charge in [-0.2, -0.15) is 5.10 Å². The van der Waals surface area contributed by atoms with Crippen LogP contribution in [0.4, 0.5) is 0 Å². The van der Waals surface area contributed by atoms with Crippen LogP contribution in [0.1, 0.15) is 0 Å². The van der Waals surface area contributed by atoms with Gasteiger partial charge in [-0.25, -0.2) is 4.68 Å². The Bertz CT molecular complexity index is 691. The summed E-state index contributed by atoms with van der Waals surface area (Å²) in [6.45, 7) is 0. The van der Waals surface area contributed by atoms with Gasteiger partial charge in [-0.05, 0) is 30.3 Å². The van der Waals surface area contributed by atoms with Crippen molar-refractivity contribution in [1.82, 2.24) is 9.78 Å². The number of phenols is 1. The number of nitrogens with zero attached hydrogens (tertiary/aromatic N) is 2. The van der Waals surface area contributed by atoms with Crippen LogP contribution < -0.4 is 0 Å². The van der Waals surface area contributed by atoms with Gasteiger partial charge in [-0.1, -0.05) is 23.7 Å². The first kappa shape index (κ1) is 10.2. The van der Waals surface area contributed by atoms with Gasteiger partial charge in [-0.15, -0.1) is 0 Å². The Balaban J connectivity index is 2.29. The third-order valence-corrected chi connectivity index (χ3v) is 2.95. The van der Waals surface area contributed by atoms with Gasteiger partial charge in [0.2, 0.25) is 0 Å². The highest BCUT2D eigenvalue weighted by molar-refractivity contribution is 6.32. The monoisotopic (exact) mass is 244 g/mol. The van der Waals surface area contributed by atoms with Gasteiger partial charge in [0.15, 0.2) is 0 Å². The lowest BCUT2D eigenvalue weighted by Crippen LogP contribution is -1.96. The number of rotatable bonds is 1. The number of benzene rings is 2. The molecule has 0 radical (unpaired) electrons. The van der Waals surface area contributed by atoms with Crippen LogP contribution >= 0.6 is 11.6 Å². The summed E-state index contributed by atoms with van der Waals surface area (Å²) in [5.74, 6) is 0.233. The minimum Gasteiger partial charge on any atom is -0.508 e. The molecule has 1 aromatic heterocycles. The van der Waals surface area contributed by atoms with E-state index >= 15 is 0 Å². The van der Waals surface area contributed by atoms with Crippen LogP contribution in [0.25, 0.3) is 16.6 Å². The summed E-state index contributed by atoms with van der Waals surface area (Å²) in [5, 5.41) is 15.2. The van der Waals surface area contributed by atoms with Crippen molar-refractivity contribution in [2.75, 3.05) is 0 Å². The van der Waals surface area contributed by atoms with E-state index in [2.05, 4.69) is 5.10 Å². The van der Waals surface area contributed by atoms with Gasteiger partial charge in [0.05, 0.1) is 22.4 Å². The van der Waals surface area contributed by atoms with E-state index in [0.717, 1.165) is 16.6 Å². The molecule has 0 aliphatic heterocycles. The van der Waals surface area contributed by atoms with Crippen molar-refractivity contribution in [1.29, 1.82) is 0 Å². The molecule has 1 N–H and O–H groups in total. The molecule has 0 fully saturated rings. The second kappa shape index (κ2) is 3.79. The van der Waals surface area contributed by atoms with Crippen LogP contribution in [-0.4, -0.2) is 14.9 Å². The third kappa shape index (κ3) is 1.65. The minimum atomic E-state index is 0.233. The van der Waals surface area contributed by atoms with Crippen molar-refractivity contribution < 1.29 is 5.11 Å². The molecule has 3 aromatic rings. The molecule has 0 saturated heterocycles. The van der Waals surface area contributed by atoms with E-state index in [9.17, 15) is 5.11 Å². The van der Waals surface area contributed by atoms with Crippen molar-refractivity contribution in [3.8, 4) is 11.4 Å². The number of halogens is 1. The highest BCUT2D eigenvalue weighted by Crippen LogP contribution is 2.25. The molecule has 1 heterocycles. The van der Waals surface area contributed by atoms with Crippen LogP contribution in [0.15, 0.2) is 48.7 Å². The molecule has 3 rings (SSSR count). The van der Waals surface area contributed by atoms with E-state index in [1.165, 1.54) is 0 Å². The Kier molecular flexibility index (Phi) is 2.27. The first-order chi connectivity index (χ1) is 8.25. The molecule has 0 atom stereocenters. The zero-order valence-electron chi connectivity index (χ0n) is 8.84. The van der Waals surface area contributed by atoms with Gasteiger partial charge >= 0.3 is 0 Å². The first-order valence-corrected chi connectivity index (χ1v) is 5.55. The molecule has 4 heteroatoms. The van der Waals surface area contributed by atoms with E-state index in [1.54, 1.807) is 23.0 Å². The summed E-state index contributed by atoms with van der Waals surface area (Å²) < 4.78 is 1.76. The first-order valence-electron chi connectivity index (χ1n) is 5.17. The van der Waals surface area contributed by atoms with Gasteiger partial charge in [0.25, 0.3) is 0 Å². The molecule has 0 amide bonds. The molecule has 0 unspecified atom stereocenters. The lowest BCUT2D eigenvalue weighted by Gasteiger charge is -2.05. The lowest BCUT2D eigenvalue weighted by molar-refractivity contribution is 0.476. The second-order valence-electron chi connectivity index (χ2n) is 3.75. The summed E-state index contributed by atoms with van der Waals surface area (Å²) in [7, 11) is 0. The summed E-state index contributed by atoms with van der Waals surface area (Å²) in [6.07, 6.45) is 1.71. The van der Waals surface area contributed by atoms with Crippen LogP contribution in [0.2, 0.25) is 5.02 Å². The van der Waals surface area contributed by atoms with Crippen molar-refractivity contribution in [3.05, 3.63) is 53.7 Å². The maximum absolute atomic E-state index is 9.40. The number of hydrogen-bond donors (Lipinski definition) is 1. The molecule has 0 spiro atoms. The number of fused-ring (bicyclic) bond motifs is 1. The maximum atomic E-state index is 9.40. The number of para-hydroxylation sites is 1. The molecule has 84 valence electrons. The topological polar surface area (TPSA) is 38.1 Å². The minimum absolute atomic E-state index is 0.233. The van der Waals surface area contributed by atoms with Crippen LogP contribution in [0.3, 0.4) is 0 Å². The SMILES string of the molecule is Oc1ccc2c(cnn2-c2ccccc2Cl)c1. The van der Waals surface area contributed by atoms with E-state index in [1.807, 2.05) is 30.3 Å². The second-order valence-corrected chi connectivity index (χ2v) is 4.16. The Hall–Kier alpha value is -2.00. The van der Waals surface area contributed by atoms with Crippen LogP contribution in [0.5, 0.6) is 5.75 Å². The van der Waals surface area contributed by atoms with E-state index in [0.29, 0.717) is 5.02 Å². The van der Waals surface area contributed by atoms with Gasteiger partial charge < -0.3 is 5.11 Å². The molecule has 0 bridgehead atoms. The Morgan fingerprint density at radius 1 is 1.12 bits per heavy atom. The molecule has 0 aliphatic rings. The number of phenolic OH excluding ortho intramolecular Hbond substituents is 1. The quantitative estimate of drug-likeness (QED) is 0.713. The van der Waals surface area contributed by atoms with Crippen molar-refractivity contribution in [3.63, 3.8) is 0 Å². The molecular formula is C13H9ClN2O. The zero-order chi connectivity index (χ0) is 11.8. The van der Waals surface area contributed by atoms with Gasteiger partial charge in [0.1, 0.15) is 5.75 Å². The Labute approximate surface area is 103 Å². The Morgan fingerprint density at radius 2 is 1.94 bits per heavy atom. The summed E-state index contributed by atoms with van der Waals surface area (Å²) in [6, 6.07) is 12.7. The number of aromatic hydroxyl groups is 1. The largest absolute Gasteiger partial charge is 0.508 e. The van der Waals surface area contributed by atoms with Crippen LogP contribution in [0, 0.1) is 0 Å². The predicted octanol–water partition coefficient (Wildman–Crippen LogP) is 3.38. The molecule has 3 nitrogen and oxygen atoms in total. The van der Waals surface area contributed by atoms with E-state index < -0.39 is 0 Å². The predicted molar refractivity (Wildman–Crippen MR) is 67.7 cm³/mol. The van der Waals surface area contributed by atoms with Crippen molar-refractivity contribution in [2.24, 2.45) is 0 Å². The van der Waals surface area contributed by atoms with E-state index in [-0.39, 0.29) is 5.75 Å². The highest BCUT2D eigenvalue weighted by Gasteiger charge is 2.07. The average Bonchev–Trinajstić information content (AvgIpc) is 2.72. The fourth-order valence-electron chi connectivity index (χ4n) is 1.84. The molecule has 0 saturated carbocycles. The fourth-order valence-corrected chi connectivity index (χ4v) is 2.05. The lowest BCUT2D eigenvalue weighted by atomic mass is 10.2. The summed E-state index contributed by atoms with van der Waals surface area (Å²) >= 11 is 6.14. The molecular weight excluding hydrogens is 236 g/mol. The third-order valence-electron chi connectivity index (χ3n) is 2.63. The average molecular weight is 245 g/mol. The zero-order valence-corrected chi connectivity index (χ0v) is 9.59. The van der Waals surface area contributed by atoms with Gasteiger partial charge in [0, 0.05) is 5.39 Å². The Morgan fingerprint density at radius 3 is 2.76 bits per heavy atom. The smallest absolute Gasteiger partial charge is 0.116 e. The highest BCUT2D eigenvalue weighted by atomic mass is 35.5. The normalized spacial score (nSPS) is 10.9. The number of aromatic nitrogens is 2. The summed E-state index contributed by atoms with van der Waals surface area (Å²) in [4.78, 5) is 0. The molecule has 0 aliphatic carbocycles. The molecule has 2 aromatic carbocycles. The fraction of sp³-hybridized carbons (Fsp3) is 0. The van der Waals surface area contributed by atoms with E-state index in [4.69, 9.17) is 11.6 Å². The standard InChI is InChI=1S/C13H9ClN2O/c14-11-3-1-2-4-13(11)16-12-6-5-10(17)7-9(12)8-15-16/h1-8,17H. The van der Waals surface area contributed by atoms with Crippen molar-refractivity contribution >= 4 is 22.5 Å². The van der Waals surface area contributed by atoms with Gasteiger partial charge in [-0.3, -0.25) is 0 Å². The maximum Gasteiger partial charge on any atom is 0.116 e. The van der Waals surface area contributed by atoms with Crippen LogP contribution in [-0.2, 0) is 0 Å². The van der Waals surface area contributed by atoms with Crippen molar-refractivity contribution in [2.45, 2.75) is 0 Å². The number of hydrogen-bond acceptors (Lipinski definition) is 2. The summed E-state index contributed by atoms with van der Waals surface area (Å²) in [5.41, 5.74) is 1.74.